The third-order valence-corrected chi connectivity index (χ3v) is 6.51. The molecule has 1 saturated carbocycles. The first kappa shape index (κ1) is 20.1. The summed E-state index contributed by atoms with van der Waals surface area (Å²) in [5.41, 5.74) is 1.93. The van der Waals surface area contributed by atoms with E-state index in [0.29, 0.717) is 6.01 Å². The summed E-state index contributed by atoms with van der Waals surface area (Å²) in [5, 5.41) is 4.06. The second-order valence-electron chi connectivity index (χ2n) is 7.76. The fourth-order valence-electron chi connectivity index (χ4n) is 3.90. The van der Waals surface area contributed by atoms with Crippen molar-refractivity contribution in [3.8, 4) is 16.6 Å². The summed E-state index contributed by atoms with van der Waals surface area (Å²) in [4.78, 5) is 21.2. The van der Waals surface area contributed by atoms with Crippen molar-refractivity contribution >= 4 is 28.0 Å². The van der Waals surface area contributed by atoms with E-state index in [1.165, 1.54) is 30.6 Å². The van der Waals surface area contributed by atoms with Gasteiger partial charge in [-0.2, -0.15) is 4.98 Å². The summed E-state index contributed by atoms with van der Waals surface area (Å²) in [7, 11) is 0. The largest absolute Gasteiger partial charge is 0.460 e. The summed E-state index contributed by atoms with van der Waals surface area (Å²) < 4.78 is 11.4. The first-order chi connectivity index (χ1) is 15.3. The van der Waals surface area contributed by atoms with Crippen molar-refractivity contribution in [1.29, 1.82) is 0 Å². The van der Waals surface area contributed by atoms with E-state index < -0.39 is 0 Å². The van der Waals surface area contributed by atoms with Gasteiger partial charge in [-0.3, -0.25) is 0 Å². The normalized spacial score (nSPS) is 17.5. The second-order valence-corrected chi connectivity index (χ2v) is 8.79. The molecule has 8 nitrogen and oxygen atoms in total. The number of anilines is 3. The third-order valence-electron chi connectivity index (χ3n) is 5.57. The molecule has 0 spiro atoms. The maximum absolute atomic E-state index is 6.01. The number of pyridine rings is 1. The van der Waals surface area contributed by atoms with Crippen LogP contribution in [0.15, 0.2) is 36.8 Å². The van der Waals surface area contributed by atoms with Crippen LogP contribution >= 0.6 is 11.3 Å². The molecule has 0 bridgehead atoms. The van der Waals surface area contributed by atoms with Gasteiger partial charge >= 0.3 is 6.01 Å². The van der Waals surface area contributed by atoms with Crippen LogP contribution in [0.5, 0.6) is 6.01 Å². The van der Waals surface area contributed by atoms with Crippen molar-refractivity contribution < 1.29 is 9.47 Å². The van der Waals surface area contributed by atoms with Gasteiger partial charge < -0.3 is 19.7 Å². The number of nitrogens with one attached hydrogen (secondary N) is 1. The zero-order chi connectivity index (χ0) is 20.9. The summed E-state index contributed by atoms with van der Waals surface area (Å²) in [6.07, 6.45) is 11.6. The molecular weight excluding hydrogens is 412 g/mol. The standard InChI is InChI=1S/C22H26N6O2S/c1-2-4-17(5-3-1)30-21-23-9-8-18(26-21)19-15-25-22(31-19)27-20-7-6-16(14-24-20)28-10-12-29-13-11-28/h6-9,14-15,17H,1-5,10-13H2,(H,24,25,27). The molecule has 0 aromatic carbocycles. The van der Waals surface area contributed by atoms with Crippen molar-refractivity contribution in [2.75, 3.05) is 36.5 Å². The summed E-state index contributed by atoms with van der Waals surface area (Å²) in [5.74, 6) is 0.766. The Labute approximate surface area is 185 Å². The van der Waals surface area contributed by atoms with E-state index in [1.54, 1.807) is 6.20 Å². The Morgan fingerprint density at radius 2 is 1.87 bits per heavy atom. The van der Waals surface area contributed by atoms with Crippen molar-refractivity contribution in [1.82, 2.24) is 19.9 Å². The van der Waals surface area contributed by atoms with E-state index in [-0.39, 0.29) is 6.10 Å². The maximum Gasteiger partial charge on any atom is 0.317 e. The molecule has 9 heteroatoms. The Kier molecular flexibility index (Phi) is 6.22. The molecule has 1 aliphatic heterocycles. The SMILES string of the molecule is c1cc(-c2cnc(Nc3ccc(N4CCOCC4)cn3)s2)nc(OC2CCCCC2)n1. The Hall–Kier alpha value is -2.78. The van der Waals surface area contributed by atoms with Gasteiger partial charge in [0.05, 0.1) is 35.7 Å². The molecule has 1 aliphatic carbocycles. The molecule has 1 N–H and O–H groups in total. The third kappa shape index (κ3) is 5.11. The fraction of sp³-hybridized carbons (Fsp3) is 0.455. The average Bonchev–Trinajstić information content (AvgIpc) is 3.30. The lowest BCUT2D eigenvalue weighted by atomic mass is 9.98. The number of nitrogens with zero attached hydrogens (tertiary/aromatic N) is 5. The number of ether oxygens (including phenoxy) is 2. The monoisotopic (exact) mass is 438 g/mol. The lowest BCUT2D eigenvalue weighted by Gasteiger charge is -2.28. The molecule has 5 rings (SSSR count). The zero-order valence-corrected chi connectivity index (χ0v) is 18.2. The summed E-state index contributed by atoms with van der Waals surface area (Å²) in [6, 6.07) is 6.40. The van der Waals surface area contributed by atoms with Crippen LogP contribution in [0.25, 0.3) is 10.6 Å². The van der Waals surface area contributed by atoms with Crippen LogP contribution in [-0.2, 0) is 4.74 Å². The second kappa shape index (κ2) is 9.57. The zero-order valence-electron chi connectivity index (χ0n) is 17.4. The molecular formula is C22H26N6O2S. The minimum absolute atomic E-state index is 0.231. The van der Waals surface area contributed by atoms with Crippen LogP contribution in [0.4, 0.5) is 16.6 Å². The van der Waals surface area contributed by atoms with Crippen molar-refractivity contribution in [3.63, 3.8) is 0 Å². The number of hydrogen-bond donors (Lipinski definition) is 1. The van der Waals surface area contributed by atoms with Gasteiger partial charge in [0, 0.05) is 25.5 Å². The van der Waals surface area contributed by atoms with Gasteiger partial charge in [-0.1, -0.05) is 17.8 Å². The molecule has 31 heavy (non-hydrogen) atoms. The van der Waals surface area contributed by atoms with E-state index in [9.17, 15) is 0 Å². The van der Waals surface area contributed by atoms with Gasteiger partial charge in [0.25, 0.3) is 0 Å². The van der Waals surface area contributed by atoms with E-state index in [0.717, 1.165) is 66.4 Å². The van der Waals surface area contributed by atoms with Gasteiger partial charge in [0.15, 0.2) is 5.13 Å². The van der Waals surface area contributed by atoms with E-state index in [2.05, 4.69) is 36.2 Å². The molecule has 3 aromatic rings. The van der Waals surface area contributed by atoms with Crippen LogP contribution in [0.3, 0.4) is 0 Å². The molecule has 0 unspecified atom stereocenters. The Morgan fingerprint density at radius 1 is 1.00 bits per heavy atom. The highest BCUT2D eigenvalue weighted by molar-refractivity contribution is 7.18. The predicted molar refractivity (Wildman–Crippen MR) is 121 cm³/mol. The van der Waals surface area contributed by atoms with Gasteiger partial charge in [0.1, 0.15) is 11.9 Å². The first-order valence-corrected chi connectivity index (χ1v) is 11.7. The predicted octanol–water partition coefficient (Wildman–Crippen LogP) is 4.29. The van der Waals surface area contributed by atoms with Crippen molar-refractivity contribution in [2.24, 2.45) is 0 Å². The minimum Gasteiger partial charge on any atom is -0.460 e. The fourth-order valence-corrected chi connectivity index (χ4v) is 4.69. The van der Waals surface area contributed by atoms with Gasteiger partial charge in [-0.25, -0.2) is 15.0 Å². The smallest absolute Gasteiger partial charge is 0.317 e. The lowest BCUT2D eigenvalue weighted by Crippen LogP contribution is -2.36. The van der Waals surface area contributed by atoms with Gasteiger partial charge in [-0.05, 0) is 43.9 Å². The Morgan fingerprint density at radius 3 is 2.68 bits per heavy atom. The molecule has 2 aliphatic rings. The molecule has 2 fully saturated rings. The highest BCUT2D eigenvalue weighted by atomic mass is 32.1. The molecule has 4 heterocycles. The Bertz CT molecular complexity index is 984. The van der Waals surface area contributed by atoms with Crippen LogP contribution in [-0.4, -0.2) is 52.3 Å². The van der Waals surface area contributed by atoms with Crippen LogP contribution in [0, 0.1) is 0 Å². The van der Waals surface area contributed by atoms with Crippen molar-refractivity contribution in [2.45, 2.75) is 38.2 Å². The topological polar surface area (TPSA) is 85.3 Å². The average molecular weight is 439 g/mol. The highest BCUT2D eigenvalue weighted by Crippen LogP contribution is 2.30. The summed E-state index contributed by atoms with van der Waals surface area (Å²) >= 11 is 1.53. The summed E-state index contributed by atoms with van der Waals surface area (Å²) in [6.45, 7) is 3.32. The van der Waals surface area contributed by atoms with Crippen LogP contribution in [0.1, 0.15) is 32.1 Å². The number of thiazole rings is 1. The number of rotatable bonds is 6. The van der Waals surface area contributed by atoms with Gasteiger partial charge in [0.2, 0.25) is 0 Å². The lowest BCUT2D eigenvalue weighted by molar-refractivity contribution is 0.122. The molecule has 0 radical (unpaired) electrons. The number of aromatic nitrogens is 4. The maximum atomic E-state index is 6.01. The van der Waals surface area contributed by atoms with Crippen LogP contribution < -0.4 is 15.0 Å². The molecule has 162 valence electrons. The number of morpholine rings is 1. The molecule has 0 atom stereocenters. The van der Waals surface area contributed by atoms with Gasteiger partial charge in [-0.15, -0.1) is 0 Å². The number of hydrogen-bond acceptors (Lipinski definition) is 9. The highest BCUT2D eigenvalue weighted by Gasteiger charge is 2.17. The first-order valence-electron chi connectivity index (χ1n) is 10.9. The molecule has 1 saturated heterocycles. The Balaban J connectivity index is 1.23. The molecule has 3 aromatic heterocycles. The quantitative estimate of drug-likeness (QED) is 0.610. The van der Waals surface area contributed by atoms with Crippen LogP contribution in [0.2, 0.25) is 0 Å². The minimum atomic E-state index is 0.231. The van der Waals surface area contributed by atoms with Crippen molar-refractivity contribution in [3.05, 3.63) is 36.8 Å². The van der Waals surface area contributed by atoms with E-state index in [1.807, 2.05) is 24.5 Å². The van der Waals surface area contributed by atoms with E-state index >= 15 is 0 Å². The van der Waals surface area contributed by atoms with E-state index in [4.69, 9.17) is 9.47 Å². The molecule has 0 amide bonds.